The number of carbonyl (C=O) groups excluding carboxylic acids is 1. The number of aromatic nitrogens is 1. The Kier molecular flexibility index (Phi) is 5.35. The molecule has 7 heteroatoms. The van der Waals surface area contributed by atoms with Gasteiger partial charge in [0.05, 0.1) is 5.69 Å². The highest BCUT2D eigenvalue weighted by Crippen LogP contribution is 2.17. The Balaban J connectivity index is 1.84. The first kappa shape index (κ1) is 16.5. The van der Waals surface area contributed by atoms with E-state index in [2.05, 4.69) is 10.5 Å². The normalized spacial score (nSPS) is 10.3. The molecule has 0 radical (unpaired) electrons. The molecule has 0 spiro atoms. The zero-order chi connectivity index (χ0) is 16.8. The molecule has 0 aliphatic heterocycles. The quantitative estimate of drug-likeness (QED) is 0.812. The maximum Gasteiger partial charge on any atom is 0.341 e. The van der Waals surface area contributed by atoms with Crippen molar-refractivity contribution in [2.24, 2.45) is 0 Å². The summed E-state index contributed by atoms with van der Waals surface area (Å²) in [5.41, 5.74) is 2.38. The highest BCUT2D eigenvalue weighted by atomic mass is 16.5. The fourth-order valence-electron chi connectivity index (χ4n) is 2.10. The second-order valence-corrected chi connectivity index (χ2v) is 5.06. The number of aliphatic carboxylic acids is 1. The zero-order valence-electron chi connectivity index (χ0n) is 13.0. The van der Waals surface area contributed by atoms with Crippen molar-refractivity contribution >= 4 is 17.6 Å². The van der Waals surface area contributed by atoms with Crippen LogP contribution < -0.4 is 10.1 Å². The van der Waals surface area contributed by atoms with Crippen LogP contribution in [0.3, 0.4) is 0 Å². The molecule has 2 aromatic rings. The maximum absolute atomic E-state index is 12.0. The van der Waals surface area contributed by atoms with Crippen molar-refractivity contribution in [2.45, 2.75) is 26.7 Å². The average Bonchev–Trinajstić information content (AvgIpc) is 2.83. The van der Waals surface area contributed by atoms with E-state index in [0.29, 0.717) is 24.3 Å². The van der Waals surface area contributed by atoms with Crippen molar-refractivity contribution in [2.75, 3.05) is 11.9 Å². The number of carboxylic acid groups (broad SMARTS) is 1. The molecule has 0 aliphatic rings. The van der Waals surface area contributed by atoms with E-state index in [-0.39, 0.29) is 5.91 Å². The van der Waals surface area contributed by atoms with Crippen LogP contribution in [0.2, 0.25) is 0 Å². The van der Waals surface area contributed by atoms with Gasteiger partial charge >= 0.3 is 5.97 Å². The predicted octanol–water partition coefficient (Wildman–Crippen LogP) is 2.33. The third-order valence-electron chi connectivity index (χ3n) is 3.28. The minimum atomic E-state index is -1.04. The van der Waals surface area contributed by atoms with Crippen molar-refractivity contribution in [3.63, 3.8) is 0 Å². The lowest BCUT2D eigenvalue weighted by molar-refractivity contribution is -0.139. The zero-order valence-corrected chi connectivity index (χ0v) is 13.0. The number of carboxylic acids is 1. The lowest BCUT2D eigenvalue weighted by Gasteiger charge is -2.07. The van der Waals surface area contributed by atoms with Crippen LogP contribution in [0.15, 0.2) is 28.8 Å². The van der Waals surface area contributed by atoms with Crippen LogP contribution in [0, 0.1) is 13.8 Å². The lowest BCUT2D eigenvalue weighted by atomic mass is 10.1. The van der Waals surface area contributed by atoms with Crippen molar-refractivity contribution < 1.29 is 24.0 Å². The van der Waals surface area contributed by atoms with E-state index in [4.69, 9.17) is 14.4 Å². The first-order valence-corrected chi connectivity index (χ1v) is 7.12. The molecule has 0 fully saturated rings. The Labute approximate surface area is 133 Å². The molecular formula is C16H18N2O5. The molecule has 0 saturated carbocycles. The summed E-state index contributed by atoms with van der Waals surface area (Å²) in [5.74, 6) is 0.00209. The summed E-state index contributed by atoms with van der Waals surface area (Å²) in [6, 6.07) is 6.52. The van der Waals surface area contributed by atoms with E-state index in [1.54, 1.807) is 24.3 Å². The van der Waals surface area contributed by atoms with Crippen LogP contribution in [0.4, 0.5) is 5.69 Å². The summed E-state index contributed by atoms with van der Waals surface area (Å²) in [5, 5.41) is 15.2. The first-order valence-electron chi connectivity index (χ1n) is 7.12. The number of aryl methyl sites for hydroxylation is 2. The second-order valence-electron chi connectivity index (χ2n) is 5.06. The van der Waals surface area contributed by atoms with Crippen molar-refractivity contribution in [3.8, 4) is 5.75 Å². The third kappa shape index (κ3) is 4.84. The van der Waals surface area contributed by atoms with Gasteiger partial charge in [0.1, 0.15) is 11.5 Å². The van der Waals surface area contributed by atoms with Crippen LogP contribution in [0.1, 0.15) is 23.4 Å². The lowest BCUT2D eigenvalue weighted by Crippen LogP contribution is -2.13. The maximum atomic E-state index is 12.0. The fourth-order valence-corrected chi connectivity index (χ4v) is 2.10. The van der Waals surface area contributed by atoms with Crippen LogP contribution >= 0.6 is 0 Å². The van der Waals surface area contributed by atoms with Gasteiger partial charge in [0, 0.05) is 17.7 Å². The molecule has 0 saturated heterocycles. The van der Waals surface area contributed by atoms with Gasteiger partial charge in [-0.15, -0.1) is 0 Å². The molecule has 1 aromatic carbocycles. The number of nitrogens with zero attached hydrogens (tertiary/aromatic N) is 1. The SMILES string of the molecule is Cc1noc(C)c1CCC(=O)Nc1ccc(OCC(=O)O)cc1. The average molecular weight is 318 g/mol. The Morgan fingerprint density at radius 2 is 1.96 bits per heavy atom. The molecule has 0 aliphatic carbocycles. The van der Waals surface area contributed by atoms with Crippen LogP contribution in [-0.4, -0.2) is 28.7 Å². The van der Waals surface area contributed by atoms with E-state index in [9.17, 15) is 9.59 Å². The second kappa shape index (κ2) is 7.44. The van der Waals surface area contributed by atoms with Gasteiger partial charge in [-0.2, -0.15) is 0 Å². The van der Waals surface area contributed by atoms with E-state index >= 15 is 0 Å². The summed E-state index contributed by atoms with van der Waals surface area (Å²) in [4.78, 5) is 22.4. The van der Waals surface area contributed by atoms with Gasteiger partial charge in [-0.3, -0.25) is 4.79 Å². The summed E-state index contributed by atoms with van der Waals surface area (Å²) in [7, 11) is 0. The molecule has 0 bridgehead atoms. The van der Waals surface area contributed by atoms with Crippen molar-refractivity contribution in [1.29, 1.82) is 0 Å². The minimum Gasteiger partial charge on any atom is -0.482 e. The molecule has 0 atom stereocenters. The molecular weight excluding hydrogens is 300 g/mol. The van der Waals surface area contributed by atoms with Crippen LogP contribution in [0.25, 0.3) is 0 Å². The van der Waals surface area contributed by atoms with Crippen LogP contribution in [0.5, 0.6) is 5.75 Å². The van der Waals surface area contributed by atoms with E-state index < -0.39 is 12.6 Å². The fraction of sp³-hybridized carbons (Fsp3) is 0.312. The largest absolute Gasteiger partial charge is 0.482 e. The van der Waals surface area contributed by atoms with Gasteiger partial charge in [0.25, 0.3) is 0 Å². The summed E-state index contributed by atoms with van der Waals surface area (Å²) in [6.07, 6.45) is 0.882. The molecule has 23 heavy (non-hydrogen) atoms. The van der Waals surface area contributed by atoms with Crippen LogP contribution in [-0.2, 0) is 16.0 Å². The number of carbonyl (C=O) groups is 2. The molecule has 0 unspecified atom stereocenters. The van der Waals surface area contributed by atoms with Gasteiger partial charge in [0.15, 0.2) is 6.61 Å². The molecule has 1 amide bonds. The van der Waals surface area contributed by atoms with Gasteiger partial charge in [-0.05, 0) is 44.5 Å². The number of nitrogens with one attached hydrogen (secondary N) is 1. The topological polar surface area (TPSA) is 102 Å². The smallest absolute Gasteiger partial charge is 0.341 e. The molecule has 2 N–H and O–H groups in total. The van der Waals surface area contributed by atoms with E-state index in [1.165, 1.54) is 0 Å². The first-order chi connectivity index (χ1) is 11.0. The number of rotatable bonds is 7. The van der Waals surface area contributed by atoms with Gasteiger partial charge < -0.3 is 19.7 Å². The number of hydrogen-bond acceptors (Lipinski definition) is 5. The van der Waals surface area contributed by atoms with Gasteiger partial charge in [0.2, 0.25) is 5.91 Å². The monoisotopic (exact) mass is 318 g/mol. The number of anilines is 1. The Morgan fingerprint density at radius 3 is 2.52 bits per heavy atom. The Morgan fingerprint density at radius 1 is 1.26 bits per heavy atom. The number of ether oxygens (including phenoxy) is 1. The Hall–Kier alpha value is -2.83. The highest BCUT2D eigenvalue weighted by molar-refractivity contribution is 5.90. The molecule has 122 valence electrons. The summed E-state index contributed by atoms with van der Waals surface area (Å²) >= 11 is 0. The van der Waals surface area contributed by atoms with Crippen molar-refractivity contribution in [3.05, 3.63) is 41.3 Å². The predicted molar refractivity (Wildman–Crippen MR) is 82.5 cm³/mol. The minimum absolute atomic E-state index is 0.121. The third-order valence-corrected chi connectivity index (χ3v) is 3.28. The van der Waals surface area contributed by atoms with E-state index in [1.807, 2.05) is 13.8 Å². The Bertz CT molecular complexity index is 671. The summed E-state index contributed by atoms with van der Waals surface area (Å²) in [6.45, 7) is 3.27. The molecule has 7 nitrogen and oxygen atoms in total. The highest BCUT2D eigenvalue weighted by Gasteiger charge is 2.11. The standard InChI is InChI=1S/C16H18N2O5/c1-10-14(11(2)23-18-10)7-8-15(19)17-12-3-5-13(6-4-12)22-9-16(20)21/h3-6H,7-9H2,1-2H3,(H,17,19)(H,20,21). The number of hydrogen-bond donors (Lipinski definition) is 2. The van der Waals surface area contributed by atoms with E-state index in [0.717, 1.165) is 17.0 Å². The van der Waals surface area contributed by atoms with Gasteiger partial charge in [-0.25, -0.2) is 4.79 Å². The molecule has 1 heterocycles. The number of benzene rings is 1. The summed E-state index contributed by atoms with van der Waals surface area (Å²) < 4.78 is 10.1. The number of amides is 1. The van der Waals surface area contributed by atoms with Gasteiger partial charge in [-0.1, -0.05) is 5.16 Å². The molecule has 2 rings (SSSR count). The molecule has 1 aromatic heterocycles. The van der Waals surface area contributed by atoms with Crippen molar-refractivity contribution in [1.82, 2.24) is 5.16 Å².